The van der Waals surface area contributed by atoms with Gasteiger partial charge in [0.2, 0.25) is 0 Å². The molecular formula is C17H36IN3O2S. The van der Waals surface area contributed by atoms with Crippen molar-refractivity contribution in [3.05, 3.63) is 0 Å². The zero-order valence-corrected chi connectivity index (χ0v) is 19.1. The van der Waals surface area contributed by atoms with Gasteiger partial charge in [-0.1, -0.05) is 27.2 Å². The Balaban J connectivity index is 0.00000529. The summed E-state index contributed by atoms with van der Waals surface area (Å²) in [7, 11) is -2.91. The van der Waals surface area contributed by atoms with Crippen LogP contribution in [0.15, 0.2) is 4.99 Å². The third-order valence-corrected chi connectivity index (χ3v) is 5.90. The minimum atomic E-state index is -2.91. The zero-order valence-electron chi connectivity index (χ0n) is 15.9. The van der Waals surface area contributed by atoms with Crippen LogP contribution in [0.4, 0.5) is 0 Å². The van der Waals surface area contributed by atoms with Gasteiger partial charge >= 0.3 is 0 Å². The van der Waals surface area contributed by atoms with Gasteiger partial charge in [0.05, 0.1) is 5.75 Å². The molecule has 1 fully saturated rings. The minimum absolute atomic E-state index is 0. The van der Waals surface area contributed by atoms with Gasteiger partial charge in [-0.15, -0.1) is 24.0 Å². The second kappa shape index (κ2) is 10.2. The van der Waals surface area contributed by atoms with Crippen molar-refractivity contribution in [1.29, 1.82) is 0 Å². The van der Waals surface area contributed by atoms with E-state index in [1.807, 2.05) is 0 Å². The molecule has 0 aromatic carbocycles. The van der Waals surface area contributed by atoms with E-state index in [1.165, 1.54) is 31.9 Å². The van der Waals surface area contributed by atoms with Crippen molar-refractivity contribution in [2.24, 2.45) is 15.8 Å². The molecule has 7 heteroatoms. The smallest absolute Gasteiger partial charge is 0.191 e. The van der Waals surface area contributed by atoms with Crippen LogP contribution in [0.2, 0.25) is 0 Å². The van der Waals surface area contributed by atoms with E-state index in [2.05, 4.69) is 43.3 Å². The predicted molar refractivity (Wildman–Crippen MR) is 114 cm³/mol. The molecule has 0 heterocycles. The van der Waals surface area contributed by atoms with Crippen LogP contribution >= 0.6 is 24.0 Å². The highest BCUT2D eigenvalue weighted by Crippen LogP contribution is 2.42. The van der Waals surface area contributed by atoms with Crippen LogP contribution in [0.5, 0.6) is 0 Å². The molecule has 0 saturated heterocycles. The van der Waals surface area contributed by atoms with Gasteiger partial charge in [-0.3, -0.25) is 4.99 Å². The number of aliphatic imine (C=N–C) groups is 1. The minimum Gasteiger partial charge on any atom is -0.357 e. The fourth-order valence-electron chi connectivity index (χ4n) is 2.78. The van der Waals surface area contributed by atoms with Gasteiger partial charge in [0.1, 0.15) is 9.84 Å². The molecular weight excluding hydrogens is 437 g/mol. The van der Waals surface area contributed by atoms with Gasteiger partial charge in [-0.05, 0) is 43.4 Å². The third kappa shape index (κ3) is 8.87. The number of halogens is 1. The van der Waals surface area contributed by atoms with Crippen LogP contribution in [0.1, 0.15) is 59.8 Å². The summed E-state index contributed by atoms with van der Waals surface area (Å²) in [6.45, 7) is 10.9. The number of rotatable bonds is 9. The molecule has 1 aliphatic rings. The summed E-state index contributed by atoms with van der Waals surface area (Å²) in [4.78, 5) is 4.68. The molecule has 0 bridgehead atoms. The molecule has 1 aliphatic carbocycles. The van der Waals surface area contributed by atoms with E-state index in [-0.39, 0.29) is 35.1 Å². The van der Waals surface area contributed by atoms with Crippen LogP contribution < -0.4 is 10.6 Å². The van der Waals surface area contributed by atoms with Crippen LogP contribution in [-0.4, -0.2) is 46.0 Å². The van der Waals surface area contributed by atoms with Crippen molar-refractivity contribution >= 4 is 39.8 Å². The predicted octanol–water partition coefficient (Wildman–Crippen LogP) is 3.20. The second-order valence-electron chi connectivity index (χ2n) is 7.80. The Labute approximate surface area is 165 Å². The average Bonchev–Trinajstić information content (AvgIpc) is 2.41. The van der Waals surface area contributed by atoms with Crippen LogP contribution in [0.25, 0.3) is 0 Å². The summed E-state index contributed by atoms with van der Waals surface area (Å²) in [6.07, 6.45) is 7.07. The van der Waals surface area contributed by atoms with Crippen molar-refractivity contribution in [2.45, 2.75) is 59.8 Å². The summed E-state index contributed by atoms with van der Waals surface area (Å²) in [5.41, 5.74) is 0.326. The van der Waals surface area contributed by atoms with Crippen molar-refractivity contribution < 1.29 is 8.42 Å². The summed E-state index contributed by atoms with van der Waals surface area (Å²) < 4.78 is 22.7. The molecule has 2 N–H and O–H groups in total. The fraction of sp³-hybridized carbons (Fsp3) is 0.941. The monoisotopic (exact) mass is 473 g/mol. The first kappa shape index (κ1) is 23.9. The molecule has 144 valence electrons. The summed E-state index contributed by atoms with van der Waals surface area (Å²) in [5, 5.41) is 6.77. The van der Waals surface area contributed by atoms with Crippen LogP contribution in [-0.2, 0) is 9.84 Å². The molecule has 0 atom stereocenters. The topological polar surface area (TPSA) is 70.6 Å². The molecule has 1 saturated carbocycles. The molecule has 0 aromatic heterocycles. The normalized spacial score (nSPS) is 17.6. The largest absolute Gasteiger partial charge is 0.357 e. The molecule has 0 amide bonds. The first-order valence-corrected chi connectivity index (χ1v) is 10.9. The molecule has 0 radical (unpaired) electrons. The van der Waals surface area contributed by atoms with E-state index in [4.69, 9.17) is 0 Å². The lowest BCUT2D eigenvalue weighted by atomic mass is 9.67. The average molecular weight is 473 g/mol. The van der Waals surface area contributed by atoms with E-state index < -0.39 is 9.84 Å². The van der Waals surface area contributed by atoms with Crippen molar-refractivity contribution in [1.82, 2.24) is 10.6 Å². The van der Waals surface area contributed by atoms with Crippen molar-refractivity contribution in [2.75, 3.05) is 31.6 Å². The Bertz CT molecular complexity index is 494. The molecule has 0 aromatic rings. The third-order valence-electron chi connectivity index (χ3n) is 4.95. The van der Waals surface area contributed by atoms with Gasteiger partial charge < -0.3 is 10.6 Å². The lowest BCUT2D eigenvalue weighted by Crippen LogP contribution is -2.46. The van der Waals surface area contributed by atoms with Gasteiger partial charge in [0.15, 0.2) is 5.96 Å². The van der Waals surface area contributed by atoms with Crippen molar-refractivity contribution in [3.8, 4) is 0 Å². The Morgan fingerprint density at radius 3 is 2.25 bits per heavy atom. The number of nitrogens with one attached hydrogen (secondary N) is 2. The molecule has 0 unspecified atom stereocenters. The SMILES string of the molecule is CCNC(=NCC(C)(C)CCS(C)(=O)=O)NCC1(CC)CCC1.I. The van der Waals surface area contributed by atoms with Crippen LogP contribution in [0, 0.1) is 10.8 Å². The standard InChI is InChI=1S/C17H35N3O2S.HI/c1-6-17(9-8-10-17)14-20-15(18-7-2)19-13-16(3,4)11-12-23(5,21)22;/h6-14H2,1-5H3,(H2,18,19,20);1H. The first-order valence-electron chi connectivity index (χ1n) is 8.81. The summed E-state index contributed by atoms with van der Waals surface area (Å²) >= 11 is 0. The number of nitrogens with zero attached hydrogens (tertiary/aromatic N) is 1. The fourth-order valence-corrected chi connectivity index (χ4v) is 3.70. The molecule has 0 aliphatic heterocycles. The summed E-state index contributed by atoms with van der Waals surface area (Å²) in [6, 6.07) is 0. The molecule has 5 nitrogen and oxygen atoms in total. The summed E-state index contributed by atoms with van der Waals surface area (Å²) in [5.74, 6) is 1.07. The van der Waals surface area contributed by atoms with Crippen LogP contribution in [0.3, 0.4) is 0 Å². The van der Waals surface area contributed by atoms with Gasteiger partial charge in [-0.25, -0.2) is 8.42 Å². The maximum Gasteiger partial charge on any atom is 0.191 e. The lowest BCUT2D eigenvalue weighted by Gasteiger charge is -2.41. The lowest BCUT2D eigenvalue weighted by molar-refractivity contribution is 0.131. The maximum atomic E-state index is 11.3. The number of sulfone groups is 1. The number of hydrogen-bond acceptors (Lipinski definition) is 3. The Kier molecular flexibility index (Phi) is 10.2. The van der Waals surface area contributed by atoms with E-state index >= 15 is 0 Å². The Morgan fingerprint density at radius 1 is 1.21 bits per heavy atom. The van der Waals surface area contributed by atoms with E-state index in [1.54, 1.807) is 0 Å². The van der Waals surface area contributed by atoms with Gasteiger partial charge in [0.25, 0.3) is 0 Å². The second-order valence-corrected chi connectivity index (χ2v) is 10.1. The number of guanidine groups is 1. The molecule has 0 spiro atoms. The molecule has 24 heavy (non-hydrogen) atoms. The maximum absolute atomic E-state index is 11.3. The highest BCUT2D eigenvalue weighted by molar-refractivity contribution is 14.0. The first-order chi connectivity index (χ1) is 10.6. The van der Waals surface area contributed by atoms with Gasteiger partial charge in [-0.2, -0.15) is 0 Å². The molecule has 1 rings (SSSR count). The van der Waals surface area contributed by atoms with E-state index in [0.29, 0.717) is 18.4 Å². The highest BCUT2D eigenvalue weighted by Gasteiger charge is 2.34. The zero-order chi connectivity index (χ0) is 17.6. The Hall–Kier alpha value is -0.0500. The number of hydrogen-bond donors (Lipinski definition) is 2. The van der Waals surface area contributed by atoms with E-state index in [0.717, 1.165) is 19.0 Å². The quantitative estimate of drug-likeness (QED) is 0.307. The van der Waals surface area contributed by atoms with E-state index in [9.17, 15) is 8.42 Å². The van der Waals surface area contributed by atoms with Gasteiger partial charge in [0, 0.05) is 25.9 Å². The van der Waals surface area contributed by atoms with Crippen molar-refractivity contribution in [3.63, 3.8) is 0 Å². The highest BCUT2D eigenvalue weighted by atomic mass is 127. The Morgan fingerprint density at radius 2 is 1.83 bits per heavy atom.